The maximum absolute atomic E-state index is 11.5. The standard InChI is InChI=1S/C10H10O5/c1-5-6(2)15-10(12)8-7(3-4-13-8)9(11)14-5/h3-6H,1-2H3. The molecular weight excluding hydrogens is 200 g/mol. The van der Waals surface area contributed by atoms with E-state index in [4.69, 9.17) is 13.9 Å². The van der Waals surface area contributed by atoms with Gasteiger partial charge in [0.15, 0.2) is 0 Å². The van der Waals surface area contributed by atoms with Gasteiger partial charge in [-0.3, -0.25) is 0 Å². The van der Waals surface area contributed by atoms with Crippen LogP contribution in [0.25, 0.3) is 0 Å². The van der Waals surface area contributed by atoms with E-state index in [-0.39, 0.29) is 11.3 Å². The zero-order valence-corrected chi connectivity index (χ0v) is 8.35. The molecule has 0 spiro atoms. The highest BCUT2D eigenvalue weighted by atomic mass is 16.6. The number of furan rings is 1. The quantitative estimate of drug-likeness (QED) is 0.605. The lowest BCUT2D eigenvalue weighted by atomic mass is 10.2. The molecule has 1 aliphatic heterocycles. The van der Waals surface area contributed by atoms with Crippen molar-refractivity contribution in [1.82, 2.24) is 0 Å². The molecule has 2 atom stereocenters. The molecule has 0 fully saturated rings. The van der Waals surface area contributed by atoms with E-state index in [1.165, 1.54) is 12.3 Å². The number of cyclic esters (lactones) is 2. The van der Waals surface area contributed by atoms with Crippen molar-refractivity contribution in [3.63, 3.8) is 0 Å². The first-order valence-corrected chi connectivity index (χ1v) is 4.59. The van der Waals surface area contributed by atoms with Gasteiger partial charge >= 0.3 is 11.9 Å². The van der Waals surface area contributed by atoms with E-state index in [0.717, 1.165) is 0 Å². The lowest BCUT2D eigenvalue weighted by Gasteiger charge is -2.22. The van der Waals surface area contributed by atoms with Crippen LogP contribution in [-0.4, -0.2) is 24.1 Å². The van der Waals surface area contributed by atoms with E-state index in [2.05, 4.69) is 0 Å². The molecule has 0 aromatic carbocycles. The number of hydrogen-bond acceptors (Lipinski definition) is 5. The number of esters is 2. The van der Waals surface area contributed by atoms with Crippen molar-refractivity contribution in [3.05, 3.63) is 23.7 Å². The number of carbonyl (C=O) groups excluding carboxylic acids is 2. The molecule has 0 bridgehead atoms. The average molecular weight is 210 g/mol. The minimum atomic E-state index is -0.633. The van der Waals surface area contributed by atoms with Gasteiger partial charge in [0, 0.05) is 0 Å². The van der Waals surface area contributed by atoms with Gasteiger partial charge in [0.2, 0.25) is 5.76 Å². The van der Waals surface area contributed by atoms with Crippen molar-refractivity contribution < 1.29 is 23.5 Å². The Kier molecular flexibility index (Phi) is 2.22. The Bertz CT molecular complexity index is 369. The molecule has 0 N–H and O–H groups in total. The van der Waals surface area contributed by atoms with Crippen LogP contribution >= 0.6 is 0 Å². The van der Waals surface area contributed by atoms with Crippen LogP contribution in [0, 0.1) is 0 Å². The number of fused-ring (bicyclic) bond motifs is 1. The van der Waals surface area contributed by atoms with E-state index in [1.807, 2.05) is 0 Å². The Morgan fingerprint density at radius 1 is 1.07 bits per heavy atom. The molecule has 0 aliphatic carbocycles. The van der Waals surface area contributed by atoms with Gasteiger partial charge in [0.05, 0.1) is 6.26 Å². The highest BCUT2D eigenvalue weighted by Crippen LogP contribution is 2.19. The molecule has 1 aromatic rings. The molecule has 0 saturated carbocycles. The molecule has 5 heteroatoms. The van der Waals surface area contributed by atoms with Crippen LogP contribution in [0.1, 0.15) is 34.8 Å². The van der Waals surface area contributed by atoms with Crippen LogP contribution in [-0.2, 0) is 9.47 Å². The third-order valence-electron chi connectivity index (χ3n) is 2.32. The van der Waals surface area contributed by atoms with Crippen molar-refractivity contribution in [2.45, 2.75) is 26.1 Å². The molecule has 15 heavy (non-hydrogen) atoms. The Labute approximate surface area is 86.0 Å². The molecule has 0 amide bonds. The first-order valence-electron chi connectivity index (χ1n) is 4.59. The topological polar surface area (TPSA) is 65.7 Å². The average Bonchev–Trinajstić information content (AvgIpc) is 2.64. The van der Waals surface area contributed by atoms with E-state index < -0.39 is 24.1 Å². The van der Waals surface area contributed by atoms with Crippen molar-refractivity contribution in [3.8, 4) is 0 Å². The minimum absolute atomic E-state index is 0.0984. The predicted molar refractivity (Wildman–Crippen MR) is 48.5 cm³/mol. The Morgan fingerprint density at radius 3 is 2.33 bits per heavy atom. The fourth-order valence-corrected chi connectivity index (χ4v) is 1.27. The molecule has 5 nitrogen and oxygen atoms in total. The van der Waals surface area contributed by atoms with Crippen molar-refractivity contribution in [2.24, 2.45) is 0 Å². The largest absolute Gasteiger partial charge is 0.456 e. The maximum Gasteiger partial charge on any atom is 0.375 e. The van der Waals surface area contributed by atoms with Gasteiger partial charge < -0.3 is 13.9 Å². The van der Waals surface area contributed by atoms with Gasteiger partial charge in [0.25, 0.3) is 0 Å². The zero-order valence-electron chi connectivity index (χ0n) is 8.35. The number of ether oxygens (including phenoxy) is 2. The lowest BCUT2D eigenvalue weighted by Crippen LogP contribution is -2.33. The van der Waals surface area contributed by atoms with Gasteiger partial charge in [-0.25, -0.2) is 9.59 Å². The second-order valence-corrected chi connectivity index (χ2v) is 3.38. The molecular formula is C10H10O5. The monoisotopic (exact) mass is 210 g/mol. The van der Waals surface area contributed by atoms with Gasteiger partial charge in [0.1, 0.15) is 17.8 Å². The van der Waals surface area contributed by atoms with Crippen molar-refractivity contribution in [2.75, 3.05) is 0 Å². The summed E-state index contributed by atoms with van der Waals surface area (Å²) < 4.78 is 15.0. The van der Waals surface area contributed by atoms with E-state index in [9.17, 15) is 9.59 Å². The van der Waals surface area contributed by atoms with E-state index >= 15 is 0 Å². The summed E-state index contributed by atoms with van der Waals surface area (Å²) in [6.07, 6.45) is 0.303. The fourth-order valence-electron chi connectivity index (χ4n) is 1.27. The Morgan fingerprint density at radius 2 is 1.67 bits per heavy atom. The number of rotatable bonds is 0. The van der Waals surface area contributed by atoms with Crippen LogP contribution in [0.4, 0.5) is 0 Å². The first kappa shape index (κ1) is 9.76. The Balaban J connectivity index is 2.42. The summed E-state index contributed by atoms with van der Waals surface area (Å²) in [6, 6.07) is 1.39. The van der Waals surface area contributed by atoms with Crippen molar-refractivity contribution in [1.29, 1.82) is 0 Å². The predicted octanol–water partition coefficient (Wildman–Crippen LogP) is 1.38. The maximum atomic E-state index is 11.5. The normalized spacial score (nSPS) is 26.0. The van der Waals surface area contributed by atoms with Crippen LogP contribution < -0.4 is 0 Å². The minimum Gasteiger partial charge on any atom is -0.456 e. The summed E-state index contributed by atoms with van der Waals surface area (Å²) in [6.45, 7) is 3.32. The Hall–Kier alpha value is -1.78. The molecule has 2 heterocycles. The summed E-state index contributed by atoms with van der Waals surface area (Å²) in [5.74, 6) is -1.29. The molecule has 0 radical (unpaired) electrons. The van der Waals surface area contributed by atoms with Gasteiger partial charge in [-0.1, -0.05) is 0 Å². The highest BCUT2D eigenvalue weighted by molar-refractivity contribution is 6.01. The highest BCUT2D eigenvalue weighted by Gasteiger charge is 2.31. The molecule has 1 aromatic heterocycles. The smallest absolute Gasteiger partial charge is 0.375 e. The lowest BCUT2D eigenvalue weighted by molar-refractivity contribution is -0.0297. The van der Waals surface area contributed by atoms with E-state index in [1.54, 1.807) is 13.8 Å². The fraction of sp³-hybridized carbons (Fsp3) is 0.400. The summed E-state index contributed by atoms with van der Waals surface area (Å²) >= 11 is 0. The molecule has 1 aliphatic rings. The summed E-state index contributed by atoms with van der Waals surface area (Å²) in [5, 5.41) is 0. The SMILES string of the molecule is CC1OC(=O)c2ccoc2C(=O)OC1C. The van der Waals surface area contributed by atoms with Crippen LogP contribution in [0.2, 0.25) is 0 Å². The molecule has 0 saturated heterocycles. The summed E-state index contributed by atoms with van der Waals surface area (Å²) in [4.78, 5) is 23.0. The van der Waals surface area contributed by atoms with Crippen LogP contribution in [0.15, 0.2) is 16.7 Å². The third kappa shape index (κ3) is 1.60. The van der Waals surface area contributed by atoms with Crippen LogP contribution in [0.5, 0.6) is 0 Å². The van der Waals surface area contributed by atoms with Crippen LogP contribution in [0.3, 0.4) is 0 Å². The van der Waals surface area contributed by atoms with Gasteiger partial charge in [-0.15, -0.1) is 0 Å². The number of carbonyl (C=O) groups is 2. The summed E-state index contributed by atoms with van der Waals surface area (Å²) in [7, 11) is 0. The van der Waals surface area contributed by atoms with E-state index in [0.29, 0.717) is 0 Å². The second-order valence-electron chi connectivity index (χ2n) is 3.38. The molecule has 80 valence electrons. The molecule has 2 unspecified atom stereocenters. The van der Waals surface area contributed by atoms with Gasteiger partial charge in [-0.05, 0) is 19.9 Å². The van der Waals surface area contributed by atoms with Crippen molar-refractivity contribution >= 4 is 11.9 Å². The summed E-state index contributed by atoms with van der Waals surface area (Å²) in [5.41, 5.74) is 0.110. The molecule has 2 rings (SSSR count). The third-order valence-corrected chi connectivity index (χ3v) is 2.32. The number of hydrogen-bond donors (Lipinski definition) is 0. The second kappa shape index (κ2) is 3.42. The first-order chi connectivity index (χ1) is 7.09. The van der Waals surface area contributed by atoms with Gasteiger partial charge in [-0.2, -0.15) is 0 Å². The zero-order chi connectivity index (χ0) is 11.0.